The third-order valence-corrected chi connectivity index (χ3v) is 4.26. The quantitative estimate of drug-likeness (QED) is 0.762. The highest BCUT2D eigenvalue weighted by molar-refractivity contribution is 7.62. The van der Waals surface area contributed by atoms with Crippen molar-refractivity contribution < 1.29 is 23.8 Å². The monoisotopic (exact) mass is 260 g/mol. The van der Waals surface area contributed by atoms with Gasteiger partial charge in [0.15, 0.2) is 0 Å². The van der Waals surface area contributed by atoms with Gasteiger partial charge in [-0.05, 0) is 26.0 Å². The summed E-state index contributed by atoms with van der Waals surface area (Å²) in [7, 11) is -3.37. The molecule has 0 fully saturated rings. The van der Waals surface area contributed by atoms with E-state index in [1.54, 1.807) is 13.8 Å². The molecule has 6 heteroatoms. The Morgan fingerprint density at radius 2 is 1.82 bits per heavy atom. The Balaban J connectivity index is 3.11. The lowest BCUT2D eigenvalue weighted by atomic mass is 10.2. The summed E-state index contributed by atoms with van der Waals surface area (Å²) in [6.45, 7) is 3.65. The van der Waals surface area contributed by atoms with Crippen molar-refractivity contribution in [2.45, 2.75) is 20.5 Å². The van der Waals surface area contributed by atoms with Gasteiger partial charge in [-0.15, -0.1) is 0 Å². The molecular formula is C11H17O5P. The lowest BCUT2D eigenvalue weighted by molar-refractivity contribution is 0.229. The lowest BCUT2D eigenvalue weighted by Crippen LogP contribution is -2.11. The van der Waals surface area contributed by atoms with E-state index in [2.05, 4.69) is 0 Å². The molecular weight excluding hydrogens is 243 g/mol. The Bertz CT molecular complexity index is 408. The molecule has 17 heavy (non-hydrogen) atoms. The minimum absolute atomic E-state index is 0.121. The molecule has 0 bridgehead atoms. The second-order valence-electron chi connectivity index (χ2n) is 3.30. The molecule has 0 saturated carbocycles. The van der Waals surface area contributed by atoms with Crippen molar-refractivity contribution in [1.29, 1.82) is 0 Å². The second-order valence-corrected chi connectivity index (χ2v) is 5.33. The average Bonchev–Trinajstić information content (AvgIpc) is 2.29. The molecule has 0 heterocycles. The topological polar surface area (TPSA) is 76.0 Å². The van der Waals surface area contributed by atoms with Crippen LogP contribution in [0.25, 0.3) is 0 Å². The molecule has 2 N–H and O–H groups in total. The fourth-order valence-electron chi connectivity index (χ4n) is 1.38. The maximum absolute atomic E-state index is 12.3. The summed E-state index contributed by atoms with van der Waals surface area (Å²) < 4.78 is 22.6. The highest BCUT2D eigenvalue weighted by Crippen LogP contribution is 2.47. The molecule has 0 unspecified atom stereocenters. The molecule has 0 spiro atoms. The van der Waals surface area contributed by atoms with Crippen LogP contribution in [-0.2, 0) is 20.2 Å². The van der Waals surface area contributed by atoms with Crippen LogP contribution in [0, 0.1) is 0 Å². The molecule has 0 radical (unpaired) electrons. The maximum atomic E-state index is 12.3. The van der Waals surface area contributed by atoms with Crippen LogP contribution < -0.4 is 5.30 Å². The van der Waals surface area contributed by atoms with Gasteiger partial charge in [-0.25, -0.2) is 0 Å². The summed E-state index contributed by atoms with van der Waals surface area (Å²) in [5.74, 6) is -0.121. The van der Waals surface area contributed by atoms with Gasteiger partial charge in [0.05, 0.1) is 25.1 Å². The molecule has 1 aromatic rings. The zero-order valence-corrected chi connectivity index (χ0v) is 10.8. The molecule has 0 amide bonds. The number of aromatic hydroxyl groups is 1. The zero-order valence-electron chi connectivity index (χ0n) is 9.92. The van der Waals surface area contributed by atoms with Crippen molar-refractivity contribution >= 4 is 12.9 Å². The fraction of sp³-hybridized carbons (Fsp3) is 0.455. The Hall–Kier alpha value is -0.870. The van der Waals surface area contributed by atoms with Gasteiger partial charge in [0.25, 0.3) is 0 Å². The number of aliphatic hydroxyl groups excluding tert-OH is 1. The number of rotatable bonds is 6. The van der Waals surface area contributed by atoms with E-state index >= 15 is 0 Å². The van der Waals surface area contributed by atoms with Crippen molar-refractivity contribution in [2.24, 2.45) is 0 Å². The highest BCUT2D eigenvalue weighted by atomic mass is 31.2. The summed E-state index contributed by atoms with van der Waals surface area (Å²) in [6, 6.07) is 4.32. The molecule has 0 aromatic heterocycles. The average molecular weight is 260 g/mol. The van der Waals surface area contributed by atoms with Crippen LogP contribution in [0.1, 0.15) is 19.4 Å². The van der Waals surface area contributed by atoms with E-state index in [1.807, 2.05) is 0 Å². The molecule has 96 valence electrons. The summed E-state index contributed by atoms with van der Waals surface area (Å²) >= 11 is 0. The molecule has 0 atom stereocenters. The summed E-state index contributed by atoms with van der Waals surface area (Å²) in [5, 5.41) is 18.8. The Morgan fingerprint density at radius 3 is 2.24 bits per heavy atom. The SMILES string of the molecule is CCOP(=O)(OCC)c1ccc(CO)c(O)c1. The first-order chi connectivity index (χ1) is 8.07. The van der Waals surface area contributed by atoms with Gasteiger partial charge in [-0.2, -0.15) is 0 Å². The highest BCUT2D eigenvalue weighted by Gasteiger charge is 2.27. The third-order valence-electron chi connectivity index (χ3n) is 2.15. The van der Waals surface area contributed by atoms with Gasteiger partial charge < -0.3 is 19.3 Å². The molecule has 1 rings (SSSR count). The molecule has 0 aliphatic heterocycles. The van der Waals surface area contributed by atoms with E-state index in [9.17, 15) is 9.67 Å². The van der Waals surface area contributed by atoms with Gasteiger partial charge >= 0.3 is 7.60 Å². The molecule has 0 aliphatic rings. The predicted octanol–water partition coefficient (Wildman–Crippen LogP) is 1.78. The lowest BCUT2D eigenvalue weighted by Gasteiger charge is -2.17. The number of phenols is 1. The number of benzene rings is 1. The van der Waals surface area contributed by atoms with E-state index in [1.165, 1.54) is 18.2 Å². The maximum Gasteiger partial charge on any atom is 0.361 e. The normalized spacial score (nSPS) is 11.7. The molecule has 1 aromatic carbocycles. The molecule has 5 nitrogen and oxygen atoms in total. The van der Waals surface area contributed by atoms with Gasteiger partial charge in [0.1, 0.15) is 5.75 Å². The van der Waals surface area contributed by atoms with E-state index in [0.29, 0.717) is 5.56 Å². The summed E-state index contributed by atoms with van der Waals surface area (Å²) in [4.78, 5) is 0. The van der Waals surface area contributed by atoms with Crippen LogP contribution >= 0.6 is 7.60 Å². The zero-order chi connectivity index (χ0) is 12.9. The van der Waals surface area contributed by atoms with Crippen molar-refractivity contribution in [3.05, 3.63) is 23.8 Å². The van der Waals surface area contributed by atoms with E-state index < -0.39 is 7.60 Å². The van der Waals surface area contributed by atoms with Crippen molar-refractivity contribution in [3.63, 3.8) is 0 Å². The minimum atomic E-state index is -3.37. The standard InChI is InChI=1S/C11H17O5P/c1-3-15-17(14,16-4-2)10-6-5-9(8-12)11(13)7-10/h5-7,12-13H,3-4,8H2,1-2H3. The van der Waals surface area contributed by atoms with E-state index in [4.69, 9.17) is 14.2 Å². The van der Waals surface area contributed by atoms with E-state index in [-0.39, 0.29) is 30.9 Å². The minimum Gasteiger partial charge on any atom is -0.508 e. The Morgan fingerprint density at radius 1 is 1.24 bits per heavy atom. The first-order valence-corrected chi connectivity index (χ1v) is 6.94. The smallest absolute Gasteiger partial charge is 0.361 e. The van der Waals surface area contributed by atoms with Gasteiger partial charge in [-0.1, -0.05) is 6.07 Å². The number of aliphatic hydroxyl groups is 1. The first kappa shape index (κ1) is 14.2. The third kappa shape index (κ3) is 3.30. The predicted molar refractivity (Wildman–Crippen MR) is 64.5 cm³/mol. The number of hydrogen-bond donors (Lipinski definition) is 2. The van der Waals surface area contributed by atoms with Crippen LogP contribution in [0.4, 0.5) is 0 Å². The second kappa shape index (κ2) is 6.17. The summed E-state index contributed by atoms with van der Waals surface area (Å²) in [5.41, 5.74) is 0.369. The fourth-order valence-corrected chi connectivity index (χ4v) is 2.97. The van der Waals surface area contributed by atoms with Crippen LogP contribution in [0.15, 0.2) is 18.2 Å². The largest absolute Gasteiger partial charge is 0.508 e. The van der Waals surface area contributed by atoms with Crippen molar-refractivity contribution in [1.82, 2.24) is 0 Å². The van der Waals surface area contributed by atoms with Crippen molar-refractivity contribution in [2.75, 3.05) is 13.2 Å². The van der Waals surface area contributed by atoms with Crippen LogP contribution in [0.3, 0.4) is 0 Å². The van der Waals surface area contributed by atoms with Crippen LogP contribution in [0.2, 0.25) is 0 Å². The Labute approximate surface area is 101 Å². The van der Waals surface area contributed by atoms with Gasteiger partial charge in [0, 0.05) is 5.56 Å². The van der Waals surface area contributed by atoms with Crippen LogP contribution in [0.5, 0.6) is 5.75 Å². The van der Waals surface area contributed by atoms with E-state index in [0.717, 1.165) is 0 Å². The summed E-state index contributed by atoms with van der Waals surface area (Å²) in [6.07, 6.45) is 0. The number of hydrogen-bond acceptors (Lipinski definition) is 5. The van der Waals surface area contributed by atoms with Gasteiger partial charge in [0.2, 0.25) is 0 Å². The van der Waals surface area contributed by atoms with Gasteiger partial charge in [-0.3, -0.25) is 4.57 Å². The van der Waals surface area contributed by atoms with Crippen LogP contribution in [-0.4, -0.2) is 23.4 Å². The first-order valence-electron chi connectivity index (χ1n) is 5.39. The Kier molecular flexibility index (Phi) is 5.15. The molecule has 0 aliphatic carbocycles. The molecule has 0 saturated heterocycles. The van der Waals surface area contributed by atoms with Crippen molar-refractivity contribution in [3.8, 4) is 5.75 Å².